The Morgan fingerprint density at radius 3 is 2.59 bits per heavy atom. The second-order valence-electron chi connectivity index (χ2n) is 5.78. The molecule has 0 heterocycles. The summed E-state index contributed by atoms with van der Waals surface area (Å²) in [4.78, 5) is 0. The average Bonchev–Trinajstić information content (AvgIpc) is 2.73. The monoisotopic (exact) mass is 433 g/mol. The fraction of sp³-hybridized carbons (Fsp3) is 0.238. The van der Waals surface area contributed by atoms with Crippen LogP contribution in [0.5, 0.6) is 17.2 Å². The van der Waals surface area contributed by atoms with Crippen molar-refractivity contribution >= 4 is 35.1 Å². The zero-order valence-corrected chi connectivity index (χ0v) is 17.8. The van der Waals surface area contributed by atoms with Gasteiger partial charge in [-0.05, 0) is 54.7 Å². The second-order valence-corrected chi connectivity index (χ2v) is 6.62. The van der Waals surface area contributed by atoms with Crippen molar-refractivity contribution in [3.8, 4) is 17.2 Å². The molecule has 0 amide bonds. The smallest absolute Gasteiger partial charge is 0.187 e. The Kier molecular flexibility index (Phi) is 9.82. The Hall–Kier alpha value is -2.77. The van der Waals surface area contributed by atoms with E-state index in [1.165, 1.54) is 0 Å². The zero-order chi connectivity index (χ0) is 20.9. The SMILES string of the molecule is C=CCNC(=S)N/N=C/c1cc(Cl)ccc1OCCCOc1ccc(OC)cc1. The van der Waals surface area contributed by atoms with Crippen LogP contribution in [0, 0.1) is 0 Å². The maximum Gasteiger partial charge on any atom is 0.187 e. The minimum absolute atomic E-state index is 0.404. The van der Waals surface area contributed by atoms with Crippen molar-refractivity contribution in [3.05, 3.63) is 65.7 Å². The Labute approximate surface area is 181 Å². The number of benzene rings is 2. The largest absolute Gasteiger partial charge is 0.497 e. The fourth-order valence-corrected chi connectivity index (χ4v) is 2.54. The van der Waals surface area contributed by atoms with Gasteiger partial charge in [0.15, 0.2) is 5.11 Å². The Morgan fingerprint density at radius 1 is 1.14 bits per heavy atom. The van der Waals surface area contributed by atoms with Crippen molar-refractivity contribution < 1.29 is 14.2 Å². The molecule has 6 nitrogen and oxygen atoms in total. The highest BCUT2D eigenvalue weighted by Crippen LogP contribution is 2.22. The molecule has 0 saturated carbocycles. The first-order valence-electron chi connectivity index (χ1n) is 8.99. The van der Waals surface area contributed by atoms with Gasteiger partial charge in [0.1, 0.15) is 17.2 Å². The van der Waals surface area contributed by atoms with Crippen LogP contribution in [-0.2, 0) is 0 Å². The van der Waals surface area contributed by atoms with Gasteiger partial charge < -0.3 is 19.5 Å². The van der Waals surface area contributed by atoms with E-state index in [2.05, 4.69) is 22.4 Å². The molecule has 2 aromatic rings. The summed E-state index contributed by atoms with van der Waals surface area (Å²) in [6, 6.07) is 12.8. The van der Waals surface area contributed by atoms with Gasteiger partial charge in [-0.15, -0.1) is 6.58 Å². The van der Waals surface area contributed by atoms with Gasteiger partial charge in [-0.25, -0.2) is 0 Å². The van der Waals surface area contributed by atoms with E-state index < -0.39 is 0 Å². The summed E-state index contributed by atoms with van der Waals surface area (Å²) in [5.74, 6) is 2.26. The lowest BCUT2D eigenvalue weighted by atomic mass is 10.2. The molecule has 2 aromatic carbocycles. The first-order valence-corrected chi connectivity index (χ1v) is 9.78. The Morgan fingerprint density at radius 2 is 1.86 bits per heavy atom. The van der Waals surface area contributed by atoms with Crippen molar-refractivity contribution in [1.29, 1.82) is 0 Å². The van der Waals surface area contributed by atoms with E-state index in [1.807, 2.05) is 30.3 Å². The van der Waals surface area contributed by atoms with E-state index >= 15 is 0 Å². The third-order valence-electron chi connectivity index (χ3n) is 3.62. The van der Waals surface area contributed by atoms with Crippen LogP contribution < -0.4 is 25.0 Å². The van der Waals surface area contributed by atoms with Crippen molar-refractivity contribution in [3.63, 3.8) is 0 Å². The summed E-state index contributed by atoms with van der Waals surface area (Å²) in [7, 11) is 1.63. The number of hydrogen-bond donors (Lipinski definition) is 2. The summed E-state index contributed by atoms with van der Waals surface area (Å²) in [6.07, 6.45) is 4.04. The van der Waals surface area contributed by atoms with E-state index in [0.29, 0.717) is 35.6 Å². The van der Waals surface area contributed by atoms with Crippen LogP contribution in [0.25, 0.3) is 0 Å². The van der Waals surface area contributed by atoms with Gasteiger partial charge in [0.2, 0.25) is 0 Å². The molecular weight excluding hydrogens is 410 g/mol. The quantitative estimate of drug-likeness (QED) is 0.182. The summed E-state index contributed by atoms with van der Waals surface area (Å²) >= 11 is 11.2. The van der Waals surface area contributed by atoms with E-state index in [1.54, 1.807) is 31.5 Å². The maximum atomic E-state index is 6.08. The predicted octanol–water partition coefficient (Wildman–Crippen LogP) is 4.18. The molecule has 0 aliphatic rings. The number of thiocarbonyl (C=S) groups is 1. The fourth-order valence-electron chi connectivity index (χ4n) is 2.22. The zero-order valence-electron chi connectivity index (χ0n) is 16.2. The number of hydrazone groups is 1. The van der Waals surface area contributed by atoms with Crippen LogP contribution in [0.2, 0.25) is 5.02 Å². The maximum absolute atomic E-state index is 6.08. The van der Waals surface area contributed by atoms with Crippen molar-refractivity contribution in [2.24, 2.45) is 5.10 Å². The summed E-state index contributed by atoms with van der Waals surface area (Å²) in [6.45, 7) is 5.20. The lowest BCUT2D eigenvalue weighted by Crippen LogP contribution is -2.31. The molecule has 0 aromatic heterocycles. The molecule has 0 saturated heterocycles. The molecule has 29 heavy (non-hydrogen) atoms. The number of halogens is 1. The van der Waals surface area contributed by atoms with Gasteiger partial charge in [-0.1, -0.05) is 17.7 Å². The van der Waals surface area contributed by atoms with E-state index in [-0.39, 0.29) is 0 Å². The molecule has 0 fully saturated rings. The Bertz CT molecular complexity index is 828. The van der Waals surface area contributed by atoms with Crippen molar-refractivity contribution in [1.82, 2.24) is 10.7 Å². The van der Waals surface area contributed by atoms with Crippen LogP contribution in [0.3, 0.4) is 0 Å². The van der Waals surface area contributed by atoms with Crippen LogP contribution in [0.15, 0.2) is 60.2 Å². The average molecular weight is 434 g/mol. The van der Waals surface area contributed by atoms with Crippen molar-refractivity contribution in [2.75, 3.05) is 26.9 Å². The molecule has 0 bridgehead atoms. The molecule has 2 N–H and O–H groups in total. The molecule has 0 aliphatic heterocycles. The minimum atomic E-state index is 0.404. The molecule has 0 radical (unpaired) electrons. The van der Waals surface area contributed by atoms with E-state index in [4.69, 9.17) is 38.0 Å². The van der Waals surface area contributed by atoms with Gasteiger partial charge in [0.05, 0.1) is 26.5 Å². The molecule has 0 spiro atoms. The standard InChI is InChI=1S/C21H24ClN3O3S/c1-3-11-23-21(29)25-24-15-16-14-17(22)5-10-20(16)28-13-4-12-27-19-8-6-18(26-2)7-9-19/h3,5-10,14-15H,1,4,11-13H2,2H3,(H2,23,25,29)/b24-15+. The third kappa shape index (κ3) is 8.41. The highest BCUT2D eigenvalue weighted by molar-refractivity contribution is 7.80. The highest BCUT2D eigenvalue weighted by atomic mass is 35.5. The first kappa shape index (κ1) is 22.5. The molecule has 0 unspecified atom stereocenters. The number of methoxy groups -OCH3 is 1. The third-order valence-corrected chi connectivity index (χ3v) is 4.09. The topological polar surface area (TPSA) is 64.1 Å². The van der Waals surface area contributed by atoms with Crippen LogP contribution in [-0.4, -0.2) is 38.2 Å². The molecular formula is C21H24ClN3O3S. The van der Waals surface area contributed by atoms with E-state index in [0.717, 1.165) is 23.5 Å². The number of nitrogens with one attached hydrogen (secondary N) is 2. The lowest BCUT2D eigenvalue weighted by molar-refractivity contribution is 0.247. The van der Waals surface area contributed by atoms with Gasteiger partial charge in [0.25, 0.3) is 0 Å². The number of hydrogen-bond acceptors (Lipinski definition) is 5. The van der Waals surface area contributed by atoms with Gasteiger partial charge >= 0.3 is 0 Å². The summed E-state index contributed by atoms with van der Waals surface area (Å²) in [5, 5.41) is 8.03. The van der Waals surface area contributed by atoms with Crippen LogP contribution >= 0.6 is 23.8 Å². The van der Waals surface area contributed by atoms with Crippen LogP contribution in [0.1, 0.15) is 12.0 Å². The molecule has 154 valence electrons. The van der Waals surface area contributed by atoms with Crippen molar-refractivity contribution in [2.45, 2.75) is 6.42 Å². The van der Waals surface area contributed by atoms with Crippen LogP contribution in [0.4, 0.5) is 0 Å². The molecule has 0 aliphatic carbocycles. The minimum Gasteiger partial charge on any atom is -0.497 e. The predicted molar refractivity (Wildman–Crippen MR) is 122 cm³/mol. The Balaban J connectivity index is 1.80. The molecule has 0 atom stereocenters. The number of nitrogens with zero attached hydrogens (tertiary/aromatic N) is 1. The second kappa shape index (κ2) is 12.6. The van der Waals surface area contributed by atoms with E-state index in [9.17, 15) is 0 Å². The van der Waals surface area contributed by atoms with Gasteiger partial charge in [-0.3, -0.25) is 5.43 Å². The molecule has 2 rings (SSSR count). The molecule has 8 heteroatoms. The van der Waals surface area contributed by atoms with Gasteiger partial charge in [-0.2, -0.15) is 5.10 Å². The summed E-state index contributed by atoms with van der Waals surface area (Å²) in [5.41, 5.74) is 3.47. The number of ether oxygens (including phenoxy) is 3. The summed E-state index contributed by atoms with van der Waals surface area (Å²) < 4.78 is 16.7. The number of rotatable bonds is 11. The van der Waals surface area contributed by atoms with Gasteiger partial charge in [0, 0.05) is 23.6 Å². The highest BCUT2D eigenvalue weighted by Gasteiger charge is 2.04. The first-order chi connectivity index (χ1) is 14.1. The lowest BCUT2D eigenvalue weighted by Gasteiger charge is -2.11. The normalized spacial score (nSPS) is 10.4.